The first kappa shape index (κ1) is 17.9. The van der Waals surface area contributed by atoms with E-state index < -0.39 is 15.4 Å². The van der Waals surface area contributed by atoms with Crippen LogP contribution in [0.1, 0.15) is 23.3 Å². The first-order valence-electron chi connectivity index (χ1n) is 6.98. The molecule has 1 atom stereocenters. The molecule has 1 aromatic carbocycles. The second-order valence-electron chi connectivity index (χ2n) is 5.39. The monoisotopic (exact) mass is 572 g/mol. The summed E-state index contributed by atoms with van der Waals surface area (Å²) in [6.45, 7) is 0.288. The maximum atomic E-state index is 12.9. The van der Waals surface area contributed by atoms with Crippen molar-refractivity contribution in [1.82, 2.24) is 9.88 Å². The minimum Gasteiger partial charge on any atom is -0.505 e. The van der Waals surface area contributed by atoms with E-state index in [0.29, 0.717) is 23.6 Å². The Morgan fingerprint density at radius 1 is 1.38 bits per heavy atom. The number of pyridine rings is 1. The number of likely N-dealkylation sites (tertiary alicyclic amines) is 1. The zero-order chi connectivity index (χ0) is 17.6. The molecule has 3 rings (SSSR count). The maximum absolute atomic E-state index is 12.9. The number of carboxylic acids is 1. The van der Waals surface area contributed by atoms with Gasteiger partial charge in [0.25, 0.3) is 5.91 Å². The number of carbonyl (C=O) groups is 2. The summed E-state index contributed by atoms with van der Waals surface area (Å²) in [6, 6.07) is 5.26. The van der Waals surface area contributed by atoms with E-state index in [2.05, 4.69) is 4.98 Å². The van der Waals surface area contributed by atoms with Gasteiger partial charge in [-0.05, 0) is 64.1 Å². The number of nitrogens with zero attached hydrogens (tertiary/aromatic N) is 2. The van der Waals surface area contributed by atoms with Crippen LogP contribution < -0.4 is 0 Å². The van der Waals surface area contributed by atoms with Crippen LogP contribution in [0.15, 0.2) is 18.2 Å². The molecule has 1 aliphatic rings. The van der Waals surface area contributed by atoms with E-state index in [4.69, 9.17) is 11.6 Å². The van der Waals surface area contributed by atoms with Gasteiger partial charge in [-0.15, -0.1) is 0 Å². The molecule has 0 aliphatic carbocycles. The molecular weight excluding hydrogens is 561 g/mol. The Labute approximate surface area is 169 Å². The van der Waals surface area contributed by atoms with Gasteiger partial charge in [0, 0.05) is 20.9 Å². The van der Waals surface area contributed by atoms with Crippen LogP contribution in [-0.4, -0.2) is 42.1 Å². The average molecular weight is 573 g/mol. The fraction of sp³-hybridized carbons (Fsp3) is 0.267. The molecule has 1 saturated heterocycles. The highest BCUT2D eigenvalue weighted by molar-refractivity contribution is 14.1. The molecule has 1 aliphatic heterocycles. The molecule has 0 spiro atoms. The van der Waals surface area contributed by atoms with E-state index in [9.17, 15) is 19.8 Å². The van der Waals surface area contributed by atoms with Gasteiger partial charge >= 0.3 is 5.97 Å². The zero-order valence-corrected chi connectivity index (χ0v) is 17.2. The molecule has 0 saturated carbocycles. The number of aromatic hydroxyl groups is 1. The van der Waals surface area contributed by atoms with Crippen LogP contribution in [0.25, 0.3) is 10.8 Å². The van der Waals surface area contributed by atoms with E-state index in [1.165, 1.54) is 4.90 Å². The summed E-state index contributed by atoms with van der Waals surface area (Å²) in [5.41, 5.74) is -0.221. The van der Waals surface area contributed by atoms with E-state index in [-0.39, 0.29) is 23.1 Å². The molecule has 2 heterocycles. The third-order valence-electron chi connectivity index (χ3n) is 4.00. The van der Waals surface area contributed by atoms with Gasteiger partial charge in [-0.1, -0.05) is 23.7 Å². The molecule has 2 aromatic rings. The summed E-state index contributed by atoms with van der Waals surface area (Å²) in [5.74, 6) is -2.00. The summed E-state index contributed by atoms with van der Waals surface area (Å²) in [4.78, 5) is 29.7. The lowest BCUT2D eigenvalue weighted by atomic mass is 10.1. The van der Waals surface area contributed by atoms with Crippen LogP contribution in [0.4, 0.5) is 0 Å². The molecule has 9 heteroatoms. The lowest BCUT2D eigenvalue weighted by molar-refractivity contribution is -0.142. The Kier molecular flexibility index (Phi) is 4.82. The number of carbonyl (C=O) groups excluding carboxylic acids is 1. The molecular formula is C15H11ClI2N2O4. The van der Waals surface area contributed by atoms with Crippen molar-refractivity contribution < 1.29 is 19.8 Å². The number of alkyl halides is 1. The fourth-order valence-corrected chi connectivity index (χ4v) is 4.65. The number of hydrogen-bond acceptors (Lipinski definition) is 4. The van der Waals surface area contributed by atoms with Crippen molar-refractivity contribution in [2.75, 3.05) is 6.54 Å². The van der Waals surface area contributed by atoms with Gasteiger partial charge in [-0.2, -0.15) is 0 Å². The Bertz CT molecular complexity index is 876. The average Bonchev–Trinajstić information content (AvgIpc) is 2.93. The van der Waals surface area contributed by atoms with Crippen molar-refractivity contribution in [2.45, 2.75) is 16.4 Å². The van der Waals surface area contributed by atoms with Crippen LogP contribution in [0, 0.1) is 3.57 Å². The SMILES string of the molecule is O=C(c1nc(Cl)c2cccc(I)c2c1O)N1CCCC1(I)C(=O)O. The second-order valence-corrected chi connectivity index (χ2v) is 8.69. The highest BCUT2D eigenvalue weighted by Gasteiger charge is 2.49. The summed E-state index contributed by atoms with van der Waals surface area (Å²) in [6.07, 6.45) is 0.912. The lowest BCUT2D eigenvalue weighted by Crippen LogP contribution is -2.48. The van der Waals surface area contributed by atoms with E-state index >= 15 is 0 Å². The largest absolute Gasteiger partial charge is 0.505 e. The van der Waals surface area contributed by atoms with Crippen molar-refractivity contribution in [3.05, 3.63) is 32.6 Å². The Hall–Kier alpha value is -0.880. The molecule has 0 radical (unpaired) electrons. The molecule has 1 amide bonds. The number of fused-ring (bicyclic) bond motifs is 1. The smallest absolute Gasteiger partial charge is 0.340 e. The minimum absolute atomic E-state index is 0.0956. The zero-order valence-electron chi connectivity index (χ0n) is 12.1. The predicted octanol–water partition coefficient (Wildman–Crippen LogP) is 3.65. The number of rotatable bonds is 2. The van der Waals surface area contributed by atoms with Crippen LogP contribution in [0.3, 0.4) is 0 Å². The highest BCUT2D eigenvalue weighted by atomic mass is 127. The number of amides is 1. The number of carboxylic acid groups (broad SMARTS) is 1. The van der Waals surface area contributed by atoms with Crippen molar-refractivity contribution in [3.63, 3.8) is 0 Å². The quantitative estimate of drug-likeness (QED) is 0.248. The summed E-state index contributed by atoms with van der Waals surface area (Å²) >= 11 is 9.98. The number of hydrogen-bond donors (Lipinski definition) is 2. The predicted molar refractivity (Wildman–Crippen MR) is 106 cm³/mol. The molecule has 2 N–H and O–H groups in total. The van der Waals surface area contributed by atoms with Crippen LogP contribution in [-0.2, 0) is 4.79 Å². The molecule has 24 heavy (non-hydrogen) atoms. The molecule has 126 valence electrons. The normalized spacial score (nSPS) is 20.5. The highest BCUT2D eigenvalue weighted by Crippen LogP contribution is 2.40. The van der Waals surface area contributed by atoms with Crippen molar-refractivity contribution >= 4 is 79.4 Å². The van der Waals surface area contributed by atoms with Gasteiger partial charge in [0.05, 0.1) is 0 Å². The van der Waals surface area contributed by atoms with Crippen LogP contribution in [0.5, 0.6) is 5.75 Å². The van der Waals surface area contributed by atoms with Crippen LogP contribution in [0.2, 0.25) is 5.15 Å². The number of aromatic nitrogens is 1. The Balaban J connectivity index is 2.16. The summed E-state index contributed by atoms with van der Waals surface area (Å²) in [5, 5.41) is 21.1. The summed E-state index contributed by atoms with van der Waals surface area (Å²) in [7, 11) is 0. The Morgan fingerprint density at radius 2 is 2.08 bits per heavy atom. The van der Waals surface area contributed by atoms with Gasteiger partial charge in [-0.3, -0.25) is 4.79 Å². The maximum Gasteiger partial charge on any atom is 0.340 e. The van der Waals surface area contributed by atoms with Crippen molar-refractivity contribution in [1.29, 1.82) is 0 Å². The van der Waals surface area contributed by atoms with Crippen molar-refractivity contribution in [3.8, 4) is 5.75 Å². The molecule has 0 bridgehead atoms. The van der Waals surface area contributed by atoms with Crippen LogP contribution >= 0.6 is 56.8 Å². The fourth-order valence-electron chi connectivity index (χ4n) is 2.81. The summed E-state index contributed by atoms with van der Waals surface area (Å²) < 4.78 is -0.616. The van der Waals surface area contributed by atoms with Crippen molar-refractivity contribution in [2.24, 2.45) is 0 Å². The molecule has 1 aromatic heterocycles. The van der Waals surface area contributed by atoms with Gasteiger partial charge in [0.1, 0.15) is 5.15 Å². The number of benzene rings is 1. The third-order valence-corrected chi connectivity index (χ3v) is 6.77. The van der Waals surface area contributed by atoms with E-state index in [0.717, 1.165) is 3.57 Å². The number of halogens is 3. The second kappa shape index (κ2) is 6.45. The molecule has 6 nitrogen and oxygen atoms in total. The van der Waals surface area contributed by atoms with Gasteiger partial charge in [0.15, 0.2) is 15.0 Å². The van der Waals surface area contributed by atoms with Gasteiger partial charge < -0.3 is 15.1 Å². The third kappa shape index (κ3) is 2.71. The van der Waals surface area contributed by atoms with E-state index in [1.54, 1.807) is 40.8 Å². The van der Waals surface area contributed by atoms with Gasteiger partial charge in [-0.25, -0.2) is 9.78 Å². The molecule has 1 fully saturated rings. The Morgan fingerprint density at radius 3 is 2.75 bits per heavy atom. The standard InChI is InChI=1S/C15H11ClI2N2O4/c16-12-7-3-1-4-8(17)9(7)11(21)10(19-12)13(22)20-6-2-5-15(20,18)14(23)24/h1,3-4,21H,2,5-6H2,(H,23,24). The first-order chi connectivity index (χ1) is 11.3. The minimum atomic E-state index is -1.34. The first-order valence-corrected chi connectivity index (χ1v) is 9.52. The number of aliphatic carboxylic acids is 1. The topological polar surface area (TPSA) is 90.7 Å². The van der Waals surface area contributed by atoms with Gasteiger partial charge in [0.2, 0.25) is 0 Å². The van der Waals surface area contributed by atoms with E-state index in [1.807, 2.05) is 22.6 Å². The lowest BCUT2D eigenvalue weighted by Gasteiger charge is -2.29. The molecule has 1 unspecified atom stereocenters.